The molecule has 0 aliphatic rings. The van der Waals surface area contributed by atoms with Gasteiger partial charge >= 0.3 is 6.03 Å². The minimum atomic E-state index is -0.636. The monoisotopic (exact) mass is 397 g/mol. The summed E-state index contributed by atoms with van der Waals surface area (Å²) < 4.78 is 12.7. The molecule has 2 N–H and O–H groups in total. The highest BCUT2D eigenvalue weighted by atomic mass is 32.1. The molecule has 0 spiro atoms. The van der Waals surface area contributed by atoms with Gasteiger partial charge in [-0.2, -0.15) is 0 Å². The zero-order chi connectivity index (χ0) is 19.8. The minimum Gasteiger partial charge on any atom is -0.494 e. The molecule has 7 heteroatoms. The van der Waals surface area contributed by atoms with Gasteiger partial charge in [-0.3, -0.25) is 4.98 Å². The predicted molar refractivity (Wildman–Crippen MR) is 114 cm³/mol. The van der Waals surface area contributed by atoms with Crippen LogP contribution in [-0.4, -0.2) is 24.2 Å². The molecule has 0 saturated carbocycles. The fourth-order valence-electron chi connectivity index (χ4n) is 2.80. The number of carbonyl (C=O) groups is 1. The second kappa shape index (κ2) is 9.85. The second-order valence-electron chi connectivity index (χ2n) is 6.26. The lowest BCUT2D eigenvalue weighted by Crippen LogP contribution is -2.27. The number of primary amides is 1. The number of ether oxygens (including phenoxy) is 2. The molecule has 0 atom stereocenters. The summed E-state index contributed by atoms with van der Waals surface area (Å²) in [7, 11) is 0. The molecule has 0 aliphatic carbocycles. The van der Waals surface area contributed by atoms with Crippen LogP contribution in [0.4, 0.5) is 10.5 Å². The van der Waals surface area contributed by atoms with Crippen molar-refractivity contribution in [2.24, 2.45) is 5.73 Å². The van der Waals surface area contributed by atoms with Gasteiger partial charge in [0.2, 0.25) is 0 Å². The number of pyridine rings is 1. The third kappa shape index (κ3) is 5.29. The van der Waals surface area contributed by atoms with E-state index in [1.807, 2.05) is 36.5 Å². The Bertz CT molecular complexity index is 930. The molecule has 1 aromatic heterocycles. The van der Waals surface area contributed by atoms with E-state index in [0.29, 0.717) is 24.7 Å². The number of carbonyl (C=O) groups excluding carboxylic acids is 1. The summed E-state index contributed by atoms with van der Waals surface area (Å²) in [6.45, 7) is 1.25. The van der Waals surface area contributed by atoms with Gasteiger partial charge in [-0.25, -0.2) is 9.10 Å². The number of hydrogen-bond donors (Lipinski definition) is 2. The molecule has 0 bridgehead atoms. The SMILES string of the molecule is NC(=O)N(S)c1cccc(OCCCCCOc2cccc3cnccc23)c1. The Morgan fingerprint density at radius 1 is 1.04 bits per heavy atom. The van der Waals surface area contributed by atoms with E-state index in [9.17, 15) is 4.79 Å². The molecule has 2 aromatic carbocycles. The molecule has 1 heterocycles. The Kier molecular flexibility index (Phi) is 6.97. The molecule has 28 heavy (non-hydrogen) atoms. The van der Waals surface area contributed by atoms with E-state index in [4.69, 9.17) is 15.2 Å². The summed E-state index contributed by atoms with van der Waals surface area (Å²) in [6.07, 6.45) is 6.46. The van der Waals surface area contributed by atoms with E-state index >= 15 is 0 Å². The summed E-state index contributed by atoms with van der Waals surface area (Å²) in [5.41, 5.74) is 5.79. The van der Waals surface area contributed by atoms with Crippen LogP contribution in [-0.2, 0) is 0 Å². The van der Waals surface area contributed by atoms with E-state index in [0.717, 1.165) is 40.1 Å². The van der Waals surface area contributed by atoms with Gasteiger partial charge in [-0.1, -0.05) is 31.0 Å². The van der Waals surface area contributed by atoms with Crippen LogP contribution in [0.15, 0.2) is 60.9 Å². The van der Waals surface area contributed by atoms with Crippen molar-refractivity contribution in [1.29, 1.82) is 0 Å². The largest absolute Gasteiger partial charge is 0.494 e. The Morgan fingerprint density at radius 3 is 2.64 bits per heavy atom. The van der Waals surface area contributed by atoms with Crippen LogP contribution in [0.5, 0.6) is 11.5 Å². The number of anilines is 1. The molecular formula is C21H23N3O3S. The first-order chi connectivity index (χ1) is 13.6. The first-order valence-electron chi connectivity index (χ1n) is 9.12. The van der Waals surface area contributed by atoms with Gasteiger partial charge in [-0.15, -0.1) is 0 Å². The zero-order valence-corrected chi connectivity index (χ0v) is 16.3. The number of thiol groups is 1. The van der Waals surface area contributed by atoms with Gasteiger partial charge in [0.15, 0.2) is 0 Å². The van der Waals surface area contributed by atoms with E-state index in [1.54, 1.807) is 24.4 Å². The second-order valence-corrected chi connectivity index (χ2v) is 6.66. The molecule has 0 saturated heterocycles. The van der Waals surface area contributed by atoms with Gasteiger partial charge in [0, 0.05) is 29.2 Å². The minimum absolute atomic E-state index is 0.576. The van der Waals surface area contributed by atoms with Crippen LogP contribution in [0.1, 0.15) is 19.3 Å². The summed E-state index contributed by atoms with van der Waals surface area (Å²) in [5, 5.41) is 2.15. The number of amides is 2. The van der Waals surface area contributed by atoms with E-state index < -0.39 is 6.03 Å². The maximum Gasteiger partial charge on any atom is 0.329 e. The summed E-state index contributed by atoms with van der Waals surface area (Å²) in [5.74, 6) is 1.57. The Hall–Kier alpha value is -2.93. The highest BCUT2D eigenvalue weighted by Gasteiger charge is 2.08. The molecular weight excluding hydrogens is 374 g/mol. The molecule has 3 aromatic rings. The van der Waals surface area contributed by atoms with Crippen LogP contribution < -0.4 is 19.5 Å². The lowest BCUT2D eigenvalue weighted by atomic mass is 10.1. The van der Waals surface area contributed by atoms with Crippen molar-refractivity contribution < 1.29 is 14.3 Å². The van der Waals surface area contributed by atoms with Crippen molar-refractivity contribution in [2.45, 2.75) is 19.3 Å². The molecule has 146 valence electrons. The first kappa shape index (κ1) is 19.8. The molecule has 0 radical (unpaired) electrons. The van der Waals surface area contributed by atoms with Gasteiger partial charge in [0.05, 0.1) is 18.9 Å². The van der Waals surface area contributed by atoms with Gasteiger partial charge in [0.25, 0.3) is 0 Å². The number of hydrogen-bond acceptors (Lipinski definition) is 5. The van der Waals surface area contributed by atoms with Crippen molar-refractivity contribution in [2.75, 3.05) is 17.5 Å². The fraction of sp³-hybridized carbons (Fsp3) is 0.238. The van der Waals surface area contributed by atoms with E-state index in [1.165, 1.54) is 0 Å². The zero-order valence-electron chi connectivity index (χ0n) is 15.5. The lowest BCUT2D eigenvalue weighted by Gasteiger charge is -2.14. The number of urea groups is 1. The average molecular weight is 398 g/mol. The van der Waals surface area contributed by atoms with Crippen LogP contribution in [0.2, 0.25) is 0 Å². The Labute approximate surface area is 169 Å². The Morgan fingerprint density at radius 2 is 1.82 bits per heavy atom. The van der Waals surface area contributed by atoms with Crippen LogP contribution >= 0.6 is 12.8 Å². The summed E-state index contributed by atoms with van der Waals surface area (Å²) in [4.78, 5) is 15.3. The maximum absolute atomic E-state index is 11.2. The molecule has 2 amide bonds. The van der Waals surface area contributed by atoms with Gasteiger partial charge in [0.1, 0.15) is 11.5 Å². The number of unbranched alkanes of at least 4 members (excludes halogenated alkanes) is 2. The van der Waals surface area contributed by atoms with Crippen molar-refractivity contribution in [1.82, 2.24) is 4.98 Å². The van der Waals surface area contributed by atoms with Crippen molar-refractivity contribution in [3.8, 4) is 11.5 Å². The van der Waals surface area contributed by atoms with Crippen LogP contribution in [0, 0.1) is 0 Å². The number of benzene rings is 2. The summed E-state index contributed by atoms with van der Waals surface area (Å²) >= 11 is 4.05. The molecule has 0 fully saturated rings. The number of fused-ring (bicyclic) bond motifs is 1. The van der Waals surface area contributed by atoms with Crippen molar-refractivity contribution in [3.05, 3.63) is 60.9 Å². The van der Waals surface area contributed by atoms with Crippen molar-refractivity contribution in [3.63, 3.8) is 0 Å². The van der Waals surface area contributed by atoms with E-state index in [-0.39, 0.29) is 0 Å². The standard InChI is InChI=1S/C21H23N3O3S/c22-21(25)24(28)17-7-5-8-18(14-17)26-12-2-1-3-13-27-20-9-4-6-16-15-23-11-10-19(16)20/h4-11,14-15,28H,1-3,12-13H2,(H2,22,25). The third-order valence-corrected chi connectivity index (χ3v) is 4.65. The maximum atomic E-state index is 11.2. The topological polar surface area (TPSA) is 77.7 Å². The third-order valence-electron chi connectivity index (χ3n) is 4.23. The smallest absolute Gasteiger partial charge is 0.329 e. The van der Waals surface area contributed by atoms with Crippen LogP contribution in [0.25, 0.3) is 10.8 Å². The van der Waals surface area contributed by atoms with Gasteiger partial charge in [-0.05, 0) is 43.5 Å². The van der Waals surface area contributed by atoms with Gasteiger partial charge < -0.3 is 15.2 Å². The quantitative estimate of drug-likeness (QED) is 0.409. The predicted octanol–water partition coefficient (Wildman–Crippen LogP) is 4.59. The number of aromatic nitrogens is 1. The summed E-state index contributed by atoms with van der Waals surface area (Å²) in [6, 6.07) is 14.4. The molecule has 0 unspecified atom stereocenters. The lowest BCUT2D eigenvalue weighted by molar-refractivity contribution is 0.257. The average Bonchev–Trinajstić information content (AvgIpc) is 2.72. The van der Waals surface area contributed by atoms with E-state index in [2.05, 4.69) is 17.8 Å². The normalized spacial score (nSPS) is 10.6. The Balaban J connectivity index is 1.37. The van der Waals surface area contributed by atoms with Crippen molar-refractivity contribution >= 4 is 35.3 Å². The number of rotatable bonds is 9. The molecule has 3 rings (SSSR count). The van der Waals surface area contributed by atoms with Crippen LogP contribution in [0.3, 0.4) is 0 Å². The highest BCUT2D eigenvalue weighted by molar-refractivity contribution is 7.82. The number of nitrogens with zero attached hydrogens (tertiary/aromatic N) is 2. The molecule has 6 nitrogen and oxygen atoms in total. The first-order valence-corrected chi connectivity index (χ1v) is 9.52. The molecule has 0 aliphatic heterocycles. The fourth-order valence-corrected chi connectivity index (χ4v) is 2.93. The number of nitrogens with two attached hydrogens (primary N) is 1. The highest BCUT2D eigenvalue weighted by Crippen LogP contribution is 2.25.